The Bertz CT molecular complexity index is 777. The summed E-state index contributed by atoms with van der Waals surface area (Å²) in [5.41, 5.74) is 6.03. The van der Waals surface area contributed by atoms with Gasteiger partial charge in [0, 0.05) is 18.0 Å². The number of nitrogens with two attached hydrogens (primary N) is 1. The van der Waals surface area contributed by atoms with Crippen molar-refractivity contribution in [2.45, 2.75) is 12.4 Å². The van der Waals surface area contributed by atoms with Crippen molar-refractivity contribution in [1.82, 2.24) is 4.90 Å². The summed E-state index contributed by atoms with van der Waals surface area (Å²) in [5, 5.41) is 4.70. The van der Waals surface area contributed by atoms with Crippen molar-refractivity contribution in [2.24, 2.45) is 10.7 Å². The van der Waals surface area contributed by atoms with Crippen molar-refractivity contribution in [3.05, 3.63) is 46.7 Å². The van der Waals surface area contributed by atoms with E-state index >= 15 is 0 Å². The number of nitrogens with one attached hydrogen (secondary N) is 1. The largest absolute Gasteiger partial charge is 0.573 e. The number of morpholine rings is 1. The Morgan fingerprint density at radius 2 is 2.00 bits per heavy atom. The highest BCUT2D eigenvalue weighted by Crippen LogP contribution is 2.30. The summed E-state index contributed by atoms with van der Waals surface area (Å²) in [7, 11) is 0. The van der Waals surface area contributed by atoms with Crippen LogP contribution in [0.25, 0.3) is 0 Å². The molecule has 1 aliphatic rings. The highest BCUT2D eigenvalue weighted by atomic mass is 32.1. The smallest absolute Gasteiger partial charge is 0.404 e. The first kappa shape index (κ1) is 20.4. The number of rotatable bonds is 6. The molecule has 1 aliphatic heterocycles. The van der Waals surface area contributed by atoms with Crippen LogP contribution in [0.1, 0.15) is 10.9 Å². The van der Waals surface area contributed by atoms with Crippen LogP contribution in [-0.2, 0) is 4.74 Å². The molecule has 10 heteroatoms. The van der Waals surface area contributed by atoms with Crippen molar-refractivity contribution in [3.8, 4) is 5.75 Å². The lowest BCUT2D eigenvalue weighted by atomic mass is 10.2. The molecule has 0 spiro atoms. The molecule has 1 saturated heterocycles. The lowest BCUT2D eigenvalue weighted by molar-refractivity contribution is -0.274. The first-order chi connectivity index (χ1) is 13.4. The zero-order chi connectivity index (χ0) is 20.0. The molecule has 2 heterocycles. The molecule has 0 bridgehead atoms. The van der Waals surface area contributed by atoms with Crippen LogP contribution in [0, 0.1) is 0 Å². The van der Waals surface area contributed by atoms with Gasteiger partial charge in [-0.1, -0.05) is 18.2 Å². The highest BCUT2D eigenvalue weighted by molar-refractivity contribution is 7.10. The molecule has 152 valence electrons. The zero-order valence-corrected chi connectivity index (χ0v) is 15.8. The SMILES string of the molecule is NC(=NCC(c1cccs1)N1CCOCC1)Nc1ccccc1OC(F)(F)F. The van der Waals surface area contributed by atoms with Gasteiger partial charge >= 0.3 is 6.36 Å². The number of nitrogens with zero attached hydrogens (tertiary/aromatic N) is 2. The van der Waals surface area contributed by atoms with E-state index in [2.05, 4.69) is 19.9 Å². The molecule has 0 amide bonds. The molecular weight excluding hydrogens is 393 g/mol. The fraction of sp³-hybridized carbons (Fsp3) is 0.389. The molecular formula is C18H21F3N4O2S. The Morgan fingerprint density at radius 1 is 1.25 bits per heavy atom. The van der Waals surface area contributed by atoms with Crippen LogP contribution in [-0.4, -0.2) is 50.1 Å². The van der Waals surface area contributed by atoms with Crippen LogP contribution in [0.3, 0.4) is 0 Å². The van der Waals surface area contributed by atoms with E-state index in [0.29, 0.717) is 19.8 Å². The predicted octanol–water partition coefficient (Wildman–Crippen LogP) is 3.45. The van der Waals surface area contributed by atoms with E-state index in [0.717, 1.165) is 18.0 Å². The molecule has 3 N–H and O–H groups in total. The van der Waals surface area contributed by atoms with E-state index in [1.807, 2.05) is 17.5 Å². The molecule has 1 unspecified atom stereocenters. The van der Waals surface area contributed by atoms with Crippen LogP contribution < -0.4 is 15.8 Å². The van der Waals surface area contributed by atoms with E-state index in [1.165, 1.54) is 18.2 Å². The zero-order valence-electron chi connectivity index (χ0n) is 15.0. The standard InChI is InChI=1S/C18H21F3N4O2S/c19-18(20,21)27-15-5-2-1-4-13(15)24-17(22)23-12-14(16-6-3-11-28-16)25-7-9-26-10-8-25/h1-6,11,14H,7-10,12H2,(H3,22,23,24). The lowest BCUT2D eigenvalue weighted by Crippen LogP contribution is -2.40. The van der Waals surface area contributed by atoms with E-state index in [-0.39, 0.29) is 23.4 Å². The quantitative estimate of drug-likeness (QED) is 0.560. The molecule has 1 atom stereocenters. The molecule has 1 fully saturated rings. The Morgan fingerprint density at radius 3 is 2.68 bits per heavy atom. The normalized spacial score (nSPS) is 17.3. The minimum absolute atomic E-state index is 0.0213. The number of halogens is 3. The van der Waals surface area contributed by atoms with Gasteiger partial charge in [-0.15, -0.1) is 24.5 Å². The van der Waals surface area contributed by atoms with E-state index in [4.69, 9.17) is 10.5 Å². The molecule has 0 radical (unpaired) electrons. The third-order valence-corrected chi connectivity index (χ3v) is 5.14. The van der Waals surface area contributed by atoms with Crippen molar-refractivity contribution in [3.63, 3.8) is 0 Å². The lowest BCUT2D eigenvalue weighted by Gasteiger charge is -2.33. The number of hydrogen-bond acceptors (Lipinski definition) is 5. The first-order valence-electron chi connectivity index (χ1n) is 8.69. The average molecular weight is 414 g/mol. The molecule has 1 aromatic heterocycles. The number of guanidine groups is 1. The highest BCUT2D eigenvalue weighted by Gasteiger charge is 2.32. The van der Waals surface area contributed by atoms with Crippen LogP contribution in [0.5, 0.6) is 5.75 Å². The Balaban J connectivity index is 1.70. The predicted molar refractivity (Wildman–Crippen MR) is 103 cm³/mol. The van der Waals surface area contributed by atoms with Gasteiger partial charge in [-0.2, -0.15) is 0 Å². The van der Waals surface area contributed by atoms with Gasteiger partial charge in [-0.05, 0) is 23.6 Å². The third kappa shape index (κ3) is 5.85. The molecule has 0 aliphatic carbocycles. The summed E-state index contributed by atoms with van der Waals surface area (Å²) < 4.78 is 47.1. The third-order valence-electron chi connectivity index (χ3n) is 4.17. The summed E-state index contributed by atoms with van der Waals surface area (Å²) in [6.07, 6.45) is -4.79. The summed E-state index contributed by atoms with van der Waals surface area (Å²) in [6, 6.07) is 9.74. The number of anilines is 1. The molecule has 3 rings (SSSR count). The van der Waals surface area contributed by atoms with Gasteiger partial charge in [0.25, 0.3) is 0 Å². The number of ether oxygens (including phenoxy) is 2. The van der Waals surface area contributed by atoms with Gasteiger partial charge in [0.2, 0.25) is 0 Å². The summed E-state index contributed by atoms with van der Waals surface area (Å²) in [5.74, 6) is -0.343. The van der Waals surface area contributed by atoms with Crippen molar-refractivity contribution in [2.75, 3.05) is 38.2 Å². The van der Waals surface area contributed by atoms with E-state index < -0.39 is 6.36 Å². The molecule has 28 heavy (non-hydrogen) atoms. The Labute approximate surface area is 164 Å². The Kier molecular flexibility index (Phi) is 6.76. The fourth-order valence-electron chi connectivity index (χ4n) is 2.90. The van der Waals surface area contributed by atoms with E-state index in [9.17, 15) is 13.2 Å². The van der Waals surface area contributed by atoms with Gasteiger partial charge in [0.1, 0.15) is 0 Å². The maximum atomic E-state index is 12.5. The maximum Gasteiger partial charge on any atom is 0.573 e. The second-order valence-electron chi connectivity index (χ2n) is 6.07. The van der Waals surface area contributed by atoms with Gasteiger partial charge in [-0.25, -0.2) is 0 Å². The van der Waals surface area contributed by atoms with E-state index in [1.54, 1.807) is 17.4 Å². The number of aliphatic imine (C=N–C) groups is 1. The summed E-state index contributed by atoms with van der Waals surface area (Å²) in [4.78, 5) is 7.78. The molecule has 0 saturated carbocycles. The number of benzene rings is 1. The maximum absolute atomic E-state index is 12.5. The molecule has 1 aromatic carbocycles. The monoisotopic (exact) mass is 414 g/mol. The van der Waals surface area contributed by atoms with Crippen LogP contribution in [0.2, 0.25) is 0 Å². The molecule has 6 nitrogen and oxygen atoms in total. The summed E-state index contributed by atoms with van der Waals surface area (Å²) >= 11 is 1.63. The van der Waals surface area contributed by atoms with Gasteiger partial charge in [-0.3, -0.25) is 9.89 Å². The minimum atomic E-state index is -4.79. The van der Waals surface area contributed by atoms with Crippen LogP contribution in [0.4, 0.5) is 18.9 Å². The number of hydrogen-bond donors (Lipinski definition) is 2. The van der Waals surface area contributed by atoms with Crippen molar-refractivity contribution >= 4 is 23.0 Å². The van der Waals surface area contributed by atoms with Crippen LogP contribution >= 0.6 is 11.3 Å². The van der Waals surface area contributed by atoms with Gasteiger partial charge in [0.15, 0.2) is 11.7 Å². The van der Waals surface area contributed by atoms with Crippen molar-refractivity contribution < 1.29 is 22.6 Å². The Hall–Kier alpha value is -2.30. The minimum Gasteiger partial charge on any atom is -0.404 e. The topological polar surface area (TPSA) is 72.1 Å². The first-order valence-corrected chi connectivity index (χ1v) is 9.57. The second-order valence-corrected chi connectivity index (χ2v) is 7.05. The summed E-state index contributed by atoms with van der Waals surface area (Å²) in [6.45, 7) is 3.26. The van der Waals surface area contributed by atoms with Crippen LogP contribution in [0.15, 0.2) is 46.8 Å². The number of alkyl halides is 3. The van der Waals surface area contributed by atoms with Gasteiger partial charge < -0.3 is 20.5 Å². The number of thiophene rings is 1. The second kappa shape index (κ2) is 9.26. The number of para-hydroxylation sites is 2. The molecule has 2 aromatic rings. The average Bonchev–Trinajstić information content (AvgIpc) is 3.18. The van der Waals surface area contributed by atoms with Gasteiger partial charge in [0.05, 0.1) is 31.5 Å². The van der Waals surface area contributed by atoms with Crippen molar-refractivity contribution in [1.29, 1.82) is 0 Å². The fourth-order valence-corrected chi connectivity index (χ4v) is 3.75.